The minimum atomic E-state index is -1.02. The lowest BCUT2D eigenvalue weighted by atomic mass is 10.0. The van der Waals surface area contributed by atoms with Gasteiger partial charge in [0.2, 0.25) is 17.6 Å². The van der Waals surface area contributed by atoms with E-state index in [1.54, 1.807) is 43.5 Å². The van der Waals surface area contributed by atoms with E-state index in [1.165, 1.54) is 40.2 Å². The van der Waals surface area contributed by atoms with Crippen molar-refractivity contribution < 1.29 is 23.1 Å². The third-order valence-electron chi connectivity index (χ3n) is 6.75. The highest BCUT2D eigenvalue weighted by atomic mass is 19.1. The fourth-order valence-electron chi connectivity index (χ4n) is 4.74. The second-order valence-corrected chi connectivity index (χ2v) is 9.42. The Morgan fingerprint density at radius 2 is 1.87 bits per heavy atom. The molecule has 0 aliphatic heterocycles. The number of rotatable bonds is 10. The summed E-state index contributed by atoms with van der Waals surface area (Å²) in [4.78, 5) is 30.0. The molecule has 0 spiro atoms. The first kappa shape index (κ1) is 26.1. The van der Waals surface area contributed by atoms with Crippen LogP contribution in [0.3, 0.4) is 0 Å². The molecule has 5 rings (SSSR count). The minimum absolute atomic E-state index is 0.0198. The normalized spacial score (nSPS) is 14.2. The van der Waals surface area contributed by atoms with Crippen LogP contribution in [0.2, 0.25) is 0 Å². The molecule has 1 aliphatic rings. The number of ether oxygens (including phenoxy) is 1. The minimum Gasteiger partial charge on any atom is -0.497 e. The maximum atomic E-state index is 13.8. The summed E-state index contributed by atoms with van der Waals surface area (Å²) in [7, 11) is 1.58. The molecule has 2 heterocycles. The Hall–Kier alpha value is -4.54. The van der Waals surface area contributed by atoms with Crippen LogP contribution in [-0.2, 0) is 22.7 Å². The number of amides is 2. The smallest absolute Gasteiger partial charge is 0.247 e. The zero-order valence-electron chi connectivity index (χ0n) is 21.5. The van der Waals surface area contributed by atoms with Gasteiger partial charge in [0.05, 0.1) is 19.9 Å². The lowest BCUT2D eigenvalue weighted by molar-refractivity contribution is -0.143. The Labute approximate surface area is 224 Å². The van der Waals surface area contributed by atoms with E-state index in [1.807, 2.05) is 0 Å². The number of carbonyl (C=O) groups is 2. The fraction of sp³-hybridized carbons (Fsp3) is 0.321. The highest BCUT2D eigenvalue weighted by Crippen LogP contribution is 2.27. The van der Waals surface area contributed by atoms with Crippen molar-refractivity contribution in [3.63, 3.8) is 0 Å². The Bertz CT molecular complexity index is 1380. The number of carbonyl (C=O) groups excluding carboxylic acids is 2. The highest BCUT2D eigenvalue weighted by Gasteiger charge is 2.34. The Morgan fingerprint density at radius 1 is 1.13 bits per heavy atom. The fourth-order valence-corrected chi connectivity index (χ4v) is 4.74. The van der Waals surface area contributed by atoms with Crippen LogP contribution in [0, 0.1) is 5.82 Å². The maximum Gasteiger partial charge on any atom is 0.247 e. The van der Waals surface area contributed by atoms with Crippen LogP contribution in [0.25, 0.3) is 11.4 Å². The van der Waals surface area contributed by atoms with Crippen molar-refractivity contribution in [2.75, 3.05) is 7.11 Å². The topological polar surface area (TPSA) is 115 Å². The molecule has 0 bridgehead atoms. The lowest BCUT2D eigenvalue weighted by Gasteiger charge is -2.31. The second kappa shape index (κ2) is 11.9. The third kappa shape index (κ3) is 6.31. The van der Waals surface area contributed by atoms with Crippen LogP contribution in [0.1, 0.15) is 43.0 Å². The van der Waals surface area contributed by atoms with E-state index < -0.39 is 17.8 Å². The summed E-state index contributed by atoms with van der Waals surface area (Å²) in [6.45, 7) is -0.246. The SMILES string of the molecule is COc1ccc(-c2nnn(CC(=O)N(Cc3ccco3)C(C(=O)NC3CCCC3)c3ccc(F)cc3)n2)cc1. The number of hydrogen-bond acceptors (Lipinski definition) is 7. The van der Waals surface area contributed by atoms with Gasteiger partial charge in [-0.3, -0.25) is 9.59 Å². The summed E-state index contributed by atoms with van der Waals surface area (Å²) in [6, 6.07) is 15.2. The molecule has 1 atom stereocenters. The van der Waals surface area contributed by atoms with Gasteiger partial charge < -0.3 is 19.4 Å². The molecule has 39 heavy (non-hydrogen) atoms. The molecule has 10 nitrogen and oxygen atoms in total. The van der Waals surface area contributed by atoms with E-state index in [0.717, 1.165) is 25.7 Å². The number of halogens is 1. The molecule has 1 saturated carbocycles. The van der Waals surface area contributed by atoms with E-state index in [2.05, 4.69) is 20.7 Å². The summed E-state index contributed by atoms with van der Waals surface area (Å²) < 4.78 is 24.5. The number of aromatic nitrogens is 4. The van der Waals surface area contributed by atoms with Crippen LogP contribution in [-0.4, -0.2) is 50.1 Å². The second-order valence-electron chi connectivity index (χ2n) is 9.42. The van der Waals surface area contributed by atoms with E-state index in [9.17, 15) is 14.0 Å². The molecule has 4 aromatic rings. The Kier molecular flexibility index (Phi) is 7.95. The predicted octanol–water partition coefficient (Wildman–Crippen LogP) is 3.91. The molecule has 2 amide bonds. The molecular weight excluding hydrogens is 503 g/mol. The van der Waals surface area contributed by atoms with Crippen molar-refractivity contribution in [2.45, 2.75) is 50.9 Å². The number of hydrogen-bond donors (Lipinski definition) is 1. The van der Waals surface area contributed by atoms with E-state index in [0.29, 0.717) is 28.5 Å². The molecule has 2 aromatic heterocycles. The molecule has 0 saturated heterocycles. The zero-order chi connectivity index (χ0) is 27.2. The molecule has 202 valence electrons. The van der Waals surface area contributed by atoms with Gasteiger partial charge in [0.1, 0.15) is 29.9 Å². The number of methoxy groups -OCH3 is 1. The van der Waals surface area contributed by atoms with Crippen molar-refractivity contribution in [3.05, 3.63) is 84.1 Å². The Morgan fingerprint density at radius 3 is 2.54 bits per heavy atom. The standard InChI is InChI=1S/C28H29FN6O4/c1-38-23-14-10-20(11-15-23)27-31-33-35(32-27)18-25(36)34(17-24-7-4-16-39-24)26(19-8-12-21(29)13-9-19)28(37)30-22-5-2-3-6-22/h4,7-16,22,26H,2-3,5-6,17-18H2,1H3,(H,30,37). The summed E-state index contributed by atoms with van der Waals surface area (Å²) in [5.41, 5.74) is 1.19. The Balaban J connectivity index is 1.43. The maximum absolute atomic E-state index is 13.8. The van der Waals surface area contributed by atoms with Gasteiger partial charge in [0, 0.05) is 11.6 Å². The molecule has 2 aromatic carbocycles. The number of furan rings is 1. The van der Waals surface area contributed by atoms with Crippen LogP contribution in [0.15, 0.2) is 71.3 Å². The van der Waals surface area contributed by atoms with Crippen molar-refractivity contribution in [1.29, 1.82) is 0 Å². The first-order valence-electron chi connectivity index (χ1n) is 12.8. The van der Waals surface area contributed by atoms with Gasteiger partial charge in [-0.05, 0) is 72.1 Å². The molecule has 0 radical (unpaired) electrons. The van der Waals surface area contributed by atoms with Gasteiger partial charge in [0.15, 0.2) is 0 Å². The molecule has 1 fully saturated rings. The quantitative estimate of drug-likeness (QED) is 0.329. The van der Waals surface area contributed by atoms with Gasteiger partial charge in [-0.2, -0.15) is 4.80 Å². The molecule has 1 aliphatic carbocycles. The summed E-state index contributed by atoms with van der Waals surface area (Å²) >= 11 is 0. The highest BCUT2D eigenvalue weighted by molar-refractivity contribution is 5.88. The van der Waals surface area contributed by atoms with Crippen molar-refractivity contribution in [3.8, 4) is 17.1 Å². The number of nitrogens with one attached hydrogen (secondary N) is 1. The number of benzene rings is 2. The van der Waals surface area contributed by atoms with Gasteiger partial charge in [-0.25, -0.2) is 4.39 Å². The number of tetrazole rings is 1. The molecular formula is C28H29FN6O4. The average molecular weight is 533 g/mol. The first-order valence-corrected chi connectivity index (χ1v) is 12.8. The summed E-state index contributed by atoms with van der Waals surface area (Å²) in [5, 5.41) is 15.6. The van der Waals surface area contributed by atoms with Crippen LogP contribution in [0.4, 0.5) is 4.39 Å². The third-order valence-corrected chi connectivity index (χ3v) is 6.75. The van der Waals surface area contributed by atoms with E-state index in [-0.39, 0.29) is 25.0 Å². The van der Waals surface area contributed by atoms with Gasteiger partial charge in [0.25, 0.3) is 0 Å². The van der Waals surface area contributed by atoms with Gasteiger partial charge in [-0.1, -0.05) is 25.0 Å². The van der Waals surface area contributed by atoms with Crippen molar-refractivity contribution in [1.82, 2.24) is 30.4 Å². The molecule has 1 unspecified atom stereocenters. The zero-order valence-corrected chi connectivity index (χ0v) is 21.5. The lowest BCUT2D eigenvalue weighted by Crippen LogP contribution is -2.46. The van der Waals surface area contributed by atoms with E-state index in [4.69, 9.17) is 9.15 Å². The monoisotopic (exact) mass is 532 g/mol. The summed E-state index contributed by atoms with van der Waals surface area (Å²) in [5.74, 6) is 0.333. The summed E-state index contributed by atoms with van der Waals surface area (Å²) in [6.07, 6.45) is 5.34. The van der Waals surface area contributed by atoms with Gasteiger partial charge >= 0.3 is 0 Å². The first-order chi connectivity index (χ1) is 19.0. The molecule has 1 N–H and O–H groups in total. The largest absolute Gasteiger partial charge is 0.497 e. The number of nitrogens with zero attached hydrogens (tertiary/aromatic N) is 5. The van der Waals surface area contributed by atoms with Gasteiger partial charge in [-0.15, -0.1) is 10.2 Å². The van der Waals surface area contributed by atoms with Crippen LogP contribution < -0.4 is 10.1 Å². The van der Waals surface area contributed by atoms with Crippen molar-refractivity contribution in [2.24, 2.45) is 0 Å². The van der Waals surface area contributed by atoms with Crippen molar-refractivity contribution >= 4 is 11.8 Å². The average Bonchev–Trinajstić information content (AvgIpc) is 3.73. The van der Waals surface area contributed by atoms with E-state index >= 15 is 0 Å². The van der Waals surface area contributed by atoms with Crippen LogP contribution >= 0.6 is 0 Å². The molecule has 11 heteroatoms. The predicted molar refractivity (Wildman–Crippen MR) is 139 cm³/mol. The van der Waals surface area contributed by atoms with Crippen LogP contribution in [0.5, 0.6) is 5.75 Å².